The molecule has 3 rings (SSSR count). The zero-order valence-corrected chi connectivity index (χ0v) is 13.8. The van der Waals surface area contributed by atoms with E-state index in [0.717, 1.165) is 18.4 Å². The van der Waals surface area contributed by atoms with Gasteiger partial charge in [-0.3, -0.25) is 4.79 Å². The fourth-order valence-corrected chi connectivity index (χ4v) is 3.37. The molecule has 0 aliphatic carbocycles. The van der Waals surface area contributed by atoms with Crippen LogP contribution in [0.2, 0.25) is 0 Å². The Morgan fingerprint density at radius 2 is 1.80 bits per heavy atom. The number of hydrogen-bond donors (Lipinski definition) is 2. The second-order valence-electron chi connectivity index (χ2n) is 6.34. The Morgan fingerprint density at radius 3 is 2.52 bits per heavy atom. The maximum Gasteiger partial charge on any atom is 0.335 e. The summed E-state index contributed by atoms with van der Waals surface area (Å²) in [6, 6.07) is 15.5. The van der Waals surface area contributed by atoms with Gasteiger partial charge in [-0.05, 0) is 43.0 Å². The number of benzene rings is 2. The minimum Gasteiger partial charge on any atom is -0.478 e. The van der Waals surface area contributed by atoms with Crippen LogP contribution in [0.5, 0.6) is 0 Å². The van der Waals surface area contributed by atoms with E-state index in [-0.39, 0.29) is 17.5 Å². The van der Waals surface area contributed by atoms with Crippen LogP contribution in [-0.2, 0) is 0 Å². The van der Waals surface area contributed by atoms with Crippen molar-refractivity contribution in [2.24, 2.45) is 0 Å². The second-order valence-corrected chi connectivity index (χ2v) is 6.34. The molecule has 0 spiro atoms. The van der Waals surface area contributed by atoms with Crippen molar-refractivity contribution in [3.8, 4) is 0 Å². The van der Waals surface area contributed by atoms with Crippen LogP contribution in [0.1, 0.15) is 51.6 Å². The molecule has 1 aliphatic heterocycles. The van der Waals surface area contributed by atoms with E-state index in [4.69, 9.17) is 5.11 Å². The largest absolute Gasteiger partial charge is 0.478 e. The van der Waals surface area contributed by atoms with Crippen molar-refractivity contribution >= 4 is 11.9 Å². The lowest BCUT2D eigenvalue weighted by Crippen LogP contribution is -2.36. The molecule has 2 aromatic rings. The maximum absolute atomic E-state index is 12.8. The van der Waals surface area contributed by atoms with Crippen LogP contribution in [0, 0.1) is 0 Å². The van der Waals surface area contributed by atoms with Crippen molar-refractivity contribution in [1.29, 1.82) is 0 Å². The van der Waals surface area contributed by atoms with E-state index in [0.29, 0.717) is 18.5 Å². The topological polar surface area (TPSA) is 77.8 Å². The molecule has 2 aromatic carbocycles. The molecule has 2 unspecified atom stereocenters. The number of carbonyl (C=O) groups is 2. The average Bonchev–Trinajstić information content (AvgIpc) is 3.10. The van der Waals surface area contributed by atoms with E-state index in [2.05, 4.69) is 0 Å². The van der Waals surface area contributed by atoms with Crippen LogP contribution in [0.15, 0.2) is 54.6 Å². The van der Waals surface area contributed by atoms with Crippen LogP contribution in [0.25, 0.3) is 0 Å². The van der Waals surface area contributed by atoms with Gasteiger partial charge in [0, 0.05) is 18.2 Å². The first-order chi connectivity index (χ1) is 12.1. The van der Waals surface area contributed by atoms with Crippen molar-refractivity contribution in [2.75, 3.05) is 6.54 Å². The van der Waals surface area contributed by atoms with Gasteiger partial charge in [0.05, 0.1) is 11.7 Å². The lowest BCUT2D eigenvalue weighted by Gasteiger charge is -2.27. The first kappa shape index (κ1) is 17.2. The molecule has 0 saturated carbocycles. The third kappa shape index (κ3) is 3.88. The number of aliphatic hydroxyl groups excluding tert-OH is 1. The molecule has 0 bridgehead atoms. The molecule has 130 valence electrons. The Morgan fingerprint density at radius 1 is 1.08 bits per heavy atom. The highest BCUT2D eigenvalue weighted by Gasteiger charge is 2.31. The van der Waals surface area contributed by atoms with Gasteiger partial charge in [0.25, 0.3) is 5.91 Å². The number of carboxylic acids is 1. The van der Waals surface area contributed by atoms with Crippen LogP contribution in [0.4, 0.5) is 0 Å². The van der Waals surface area contributed by atoms with Gasteiger partial charge in [0.1, 0.15) is 0 Å². The summed E-state index contributed by atoms with van der Waals surface area (Å²) in [5.41, 5.74) is 1.32. The standard InChI is InChI=1S/C20H21NO4/c22-18(14-6-2-1-3-7-14)13-17-10-5-11-21(17)19(23)15-8-4-9-16(12-15)20(24)25/h1-4,6-9,12,17-18,22H,5,10-11,13H2,(H,24,25). The summed E-state index contributed by atoms with van der Waals surface area (Å²) < 4.78 is 0. The Balaban J connectivity index is 1.74. The zero-order valence-electron chi connectivity index (χ0n) is 13.8. The molecule has 1 saturated heterocycles. The van der Waals surface area contributed by atoms with Gasteiger partial charge in [-0.15, -0.1) is 0 Å². The molecule has 1 amide bonds. The molecule has 5 heteroatoms. The third-order valence-electron chi connectivity index (χ3n) is 4.67. The molecular weight excluding hydrogens is 318 g/mol. The first-order valence-corrected chi connectivity index (χ1v) is 8.43. The minimum atomic E-state index is -1.05. The zero-order chi connectivity index (χ0) is 17.8. The number of carbonyl (C=O) groups excluding carboxylic acids is 1. The molecule has 2 atom stereocenters. The summed E-state index contributed by atoms with van der Waals surface area (Å²) in [6.07, 6.45) is 1.59. The highest BCUT2D eigenvalue weighted by atomic mass is 16.4. The van der Waals surface area contributed by atoms with Crippen molar-refractivity contribution in [2.45, 2.75) is 31.4 Å². The molecule has 25 heavy (non-hydrogen) atoms. The molecule has 1 aliphatic rings. The number of aliphatic hydroxyl groups is 1. The fraction of sp³-hybridized carbons (Fsp3) is 0.300. The number of likely N-dealkylation sites (tertiary alicyclic amines) is 1. The van der Waals surface area contributed by atoms with Crippen molar-refractivity contribution in [3.63, 3.8) is 0 Å². The monoisotopic (exact) mass is 339 g/mol. The Labute approximate surface area is 146 Å². The van der Waals surface area contributed by atoms with Crippen LogP contribution in [-0.4, -0.2) is 39.6 Å². The van der Waals surface area contributed by atoms with E-state index in [1.54, 1.807) is 17.0 Å². The van der Waals surface area contributed by atoms with Gasteiger partial charge in [0.2, 0.25) is 0 Å². The first-order valence-electron chi connectivity index (χ1n) is 8.43. The average molecular weight is 339 g/mol. The number of carboxylic acid groups (broad SMARTS) is 1. The number of hydrogen-bond acceptors (Lipinski definition) is 3. The van der Waals surface area contributed by atoms with E-state index in [1.165, 1.54) is 12.1 Å². The summed E-state index contributed by atoms with van der Waals surface area (Å²) in [6.45, 7) is 0.627. The highest BCUT2D eigenvalue weighted by Crippen LogP contribution is 2.28. The predicted octanol–water partition coefficient (Wildman–Crippen LogP) is 3.11. The van der Waals surface area contributed by atoms with Gasteiger partial charge < -0.3 is 15.1 Å². The smallest absolute Gasteiger partial charge is 0.335 e. The summed E-state index contributed by atoms with van der Waals surface area (Å²) in [7, 11) is 0. The molecule has 0 aromatic heterocycles. The van der Waals surface area contributed by atoms with E-state index >= 15 is 0 Å². The normalized spacial score (nSPS) is 18.1. The number of rotatable bonds is 5. The number of aromatic carboxylic acids is 1. The van der Waals surface area contributed by atoms with E-state index in [1.807, 2.05) is 30.3 Å². The van der Waals surface area contributed by atoms with Crippen LogP contribution in [0.3, 0.4) is 0 Å². The van der Waals surface area contributed by atoms with Crippen LogP contribution < -0.4 is 0 Å². The molecule has 1 heterocycles. The molecular formula is C20H21NO4. The summed E-state index contributed by atoms with van der Waals surface area (Å²) in [5.74, 6) is -1.22. The fourth-order valence-electron chi connectivity index (χ4n) is 3.37. The van der Waals surface area contributed by atoms with Gasteiger partial charge >= 0.3 is 5.97 Å². The SMILES string of the molecule is O=C(O)c1cccc(C(=O)N2CCCC2CC(O)c2ccccc2)c1. The van der Waals surface area contributed by atoms with Crippen molar-refractivity contribution in [1.82, 2.24) is 4.90 Å². The van der Waals surface area contributed by atoms with Gasteiger partial charge in [-0.1, -0.05) is 36.4 Å². The summed E-state index contributed by atoms with van der Waals surface area (Å²) in [4.78, 5) is 25.7. The van der Waals surface area contributed by atoms with E-state index in [9.17, 15) is 14.7 Å². The molecule has 1 fully saturated rings. The molecule has 2 N–H and O–H groups in total. The molecule has 5 nitrogen and oxygen atoms in total. The number of amides is 1. The predicted molar refractivity (Wildman–Crippen MR) is 93.5 cm³/mol. The van der Waals surface area contributed by atoms with Gasteiger partial charge in [-0.25, -0.2) is 4.79 Å². The van der Waals surface area contributed by atoms with Gasteiger partial charge in [-0.2, -0.15) is 0 Å². The second kappa shape index (κ2) is 7.49. The Hall–Kier alpha value is -2.66. The lowest BCUT2D eigenvalue weighted by atomic mass is 10.00. The summed E-state index contributed by atoms with van der Waals surface area (Å²) in [5, 5.41) is 19.5. The quantitative estimate of drug-likeness (QED) is 0.877. The van der Waals surface area contributed by atoms with Crippen LogP contribution >= 0.6 is 0 Å². The minimum absolute atomic E-state index is 0.0452. The third-order valence-corrected chi connectivity index (χ3v) is 4.67. The van der Waals surface area contributed by atoms with Crippen molar-refractivity contribution in [3.05, 3.63) is 71.3 Å². The highest BCUT2D eigenvalue weighted by molar-refractivity contribution is 5.97. The number of nitrogens with zero attached hydrogens (tertiary/aromatic N) is 1. The lowest BCUT2D eigenvalue weighted by molar-refractivity contribution is 0.0667. The Kier molecular flexibility index (Phi) is 5.14. The Bertz CT molecular complexity index is 759. The van der Waals surface area contributed by atoms with Crippen molar-refractivity contribution < 1.29 is 19.8 Å². The van der Waals surface area contributed by atoms with E-state index < -0.39 is 12.1 Å². The maximum atomic E-state index is 12.8. The van der Waals surface area contributed by atoms with Gasteiger partial charge in [0.15, 0.2) is 0 Å². The summed E-state index contributed by atoms with van der Waals surface area (Å²) >= 11 is 0. The molecule has 0 radical (unpaired) electrons.